The number of carbonyl (C=O) groups excluding carboxylic acids is 1. The minimum atomic E-state index is -3.31. The first-order chi connectivity index (χ1) is 13.3. The summed E-state index contributed by atoms with van der Waals surface area (Å²) in [5, 5.41) is 3.77. The molecule has 0 saturated carbocycles. The molecule has 3 aromatic rings. The zero-order valence-electron chi connectivity index (χ0n) is 15.5. The van der Waals surface area contributed by atoms with E-state index < -0.39 is 15.3 Å². The Morgan fingerprint density at radius 3 is 2.75 bits per heavy atom. The minimum absolute atomic E-state index is 0.303. The van der Waals surface area contributed by atoms with Gasteiger partial charge in [-0.15, -0.1) is 11.3 Å². The van der Waals surface area contributed by atoms with Crippen molar-refractivity contribution >= 4 is 43.3 Å². The Labute approximate surface area is 167 Å². The predicted molar refractivity (Wildman–Crippen MR) is 110 cm³/mol. The van der Waals surface area contributed by atoms with Gasteiger partial charge in [-0.05, 0) is 26.0 Å². The summed E-state index contributed by atoms with van der Waals surface area (Å²) in [6, 6.07) is 11.1. The van der Waals surface area contributed by atoms with E-state index in [-0.39, 0.29) is 5.91 Å². The van der Waals surface area contributed by atoms with Crippen LogP contribution in [0.1, 0.15) is 34.9 Å². The first kappa shape index (κ1) is 19.0. The molecule has 1 aromatic carbocycles. The molecule has 9 heteroatoms. The topological polar surface area (TPSA) is 92.3 Å². The van der Waals surface area contributed by atoms with Crippen LogP contribution in [0, 0.1) is 0 Å². The van der Waals surface area contributed by atoms with Crippen LogP contribution in [0.4, 0.5) is 5.13 Å². The fraction of sp³-hybridized carbons (Fsp3) is 0.316. The second-order valence-corrected chi connectivity index (χ2v) is 10.5. The fourth-order valence-corrected chi connectivity index (χ4v) is 5.45. The maximum absolute atomic E-state index is 12.6. The number of benzene rings is 1. The molecule has 1 aliphatic heterocycles. The number of pyridine rings is 1. The van der Waals surface area contributed by atoms with Gasteiger partial charge in [-0.25, -0.2) is 18.4 Å². The van der Waals surface area contributed by atoms with Gasteiger partial charge in [0.2, 0.25) is 10.0 Å². The number of nitrogens with one attached hydrogen (secondary N) is 1. The summed E-state index contributed by atoms with van der Waals surface area (Å²) < 4.78 is 26.3. The third-order valence-electron chi connectivity index (χ3n) is 4.70. The summed E-state index contributed by atoms with van der Waals surface area (Å²) in [6.45, 7) is 4.08. The number of fused-ring (bicyclic) bond motifs is 2. The summed E-state index contributed by atoms with van der Waals surface area (Å²) in [4.78, 5) is 22.3. The number of amides is 1. The molecule has 0 spiro atoms. The summed E-state index contributed by atoms with van der Waals surface area (Å²) in [5.41, 5.74) is 1.92. The van der Waals surface area contributed by atoms with E-state index in [4.69, 9.17) is 0 Å². The first-order valence-electron chi connectivity index (χ1n) is 8.99. The van der Waals surface area contributed by atoms with E-state index in [1.165, 1.54) is 15.6 Å². The Bertz CT molecular complexity index is 1150. The average molecular weight is 417 g/mol. The number of sulfonamides is 1. The van der Waals surface area contributed by atoms with Crippen molar-refractivity contribution in [2.75, 3.05) is 11.9 Å². The van der Waals surface area contributed by atoms with Crippen LogP contribution in [0.2, 0.25) is 0 Å². The number of anilines is 1. The van der Waals surface area contributed by atoms with Crippen LogP contribution >= 0.6 is 11.3 Å². The smallest absolute Gasteiger partial charge is 0.276 e. The third kappa shape index (κ3) is 3.52. The zero-order valence-corrected chi connectivity index (χ0v) is 17.2. The molecule has 4 rings (SSSR count). The Hall–Kier alpha value is -2.36. The number of hydrogen-bond acceptors (Lipinski definition) is 6. The molecule has 1 N–H and O–H groups in total. The number of nitrogens with zero attached hydrogens (tertiary/aromatic N) is 3. The van der Waals surface area contributed by atoms with Gasteiger partial charge in [0.15, 0.2) is 5.13 Å². The Kier molecular flexibility index (Phi) is 4.90. The lowest BCUT2D eigenvalue weighted by atomic mass is 10.2. The monoisotopic (exact) mass is 416 g/mol. The van der Waals surface area contributed by atoms with Gasteiger partial charge < -0.3 is 0 Å². The van der Waals surface area contributed by atoms with E-state index in [0.717, 1.165) is 21.5 Å². The van der Waals surface area contributed by atoms with E-state index >= 15 is 0 Å². The largest absolute Gasteiger partial charge is 0.296 e. The fourth-order valence-electron chi connectivity index (χ4n) is 3.09. The Balaban J connectivity index is 1.52. The molecule has 0 aliphatic carbocycles. The third-order valence-corrected chi connectivity index (χ3v) is 7.92. The van der Waals surface area contributed by atoms with E-state index in [9.17, 15) is 13.2 Å². The molecule has 0 atom stereocenters. The molecule has 1 amide bonds. The highest BCUT2D eigenvalue weighted by Gasteiger charge is 2.31. The Morgan fingerprint density at radius 1 is 1.18 bits per heavy atom. The molecule has 0 saturated heterocycles. The van der Waals surface area contributed by atoms with E-state index in [1.807, 2.05) is 30.3 Å². The molecule has 0 bridgehead atoms. The number of aromatic nitrogens is 2. The van der Waals surface area contributed by atoms with E-state index in [1.54, 1.807) is 19.9 Å². The van der Waals surface area contributed by atoms with Gasteiger partial charge in [0.25, 0.3) is 5.91 Å². The summed E-state index contributed by atoms with van der Waals surface area (Å²) in [6.07, 6.45) is 0.544. The number of thiazole rings is 1. The SMILES string of the molecule is CC(C)S(=O)(=O)N1CCc2nc(NC(=O)c3ccc4ccccc4n3)sc2C1. The van der Waals surface area contributed by atoms with Gasteiger partial charge >= 0.3 is 0 Å². The van der Waals surface area contributed by atoms with E-state index in [2.05, 4.69) is 15.3 Å². The summed E-state index contributed by atoms with van der Waals surface area (Å²) in [5.74, 6) is -0.330. The summed E-state index contributed by atoms with van der Waals surface area (Å²) in [7, 11) is -3.31. The molecular weight excluding hydrogens is 396 g/mol. The second-order valence-electron chi connectivity index (χ2n) is 6.91. The highest BCUT2D eigenvalue weighted by Crippen LogP contribution is 2.30. The van der Waals surface area contributed by atoms with Crippen LogP contribution in [0.3, 0.4) is 0 Å². The van der Waals surface area contributed by atoms with Crippen molar-refractivity contribution in [2.24, 2.45) is 0 Å². The standard InChI is InChI=1S/C19H20N4O3S2/c1-12(2)28(25,26)23-10-9-15-17(11-23)27-19(21-15)22-18(24)16-8-7-13-5-3-4-6-14(13)20-16/h3-8,12H,9-11H2,1-2H3,(H,21,22,24). The Morgan fingerprint density at radius 2 is 1.96 bits per heavy atom. The normalized spacial score (nSPS) is 15.0. The van der Waals surface area contributed by atoms with E-state index in [0.29, 0.717) is 30.3 Å². The first-order valence-corrected chi connectivity index (χ1v) is 11.3. The van der Waals surface area contributed by atoms with Gasteiger partial charge in [0.1, 0.15) is 5.69 Å². The van der Waals surface area contributed by atoms with Crippen molar-refractivity contribution in [1.82, 2.24) is 14.3 Å². The lowest BCUT2D eigenvalue weighted by molar-refractivity contribution is 0.102. The lowest BCUT2D eigenvalue weighted by Crippen LogP contribution is -2.39. The van der Waals surface area contributed by atoms with Crippen LogP contribution in [0.15, 0.2) is 36.4 Å². The van der Waals surface area contributed by atoms with Crippen LogP contribution in [0.5, 0.6) is 0 Å². The number of para-hydroxylation sites is 1. The zero-order chi connectivity index (χ0) is 19.9. The average Bonchev–Trinajstić information content (AvgIpc) is 3.08. The molecule has 2 aromatic heterocycles. The van der Waals surface area contributed by atoms with Gasteiger partial charge in [-0.3, -0.25) is 10.1 Å². The molecule has 3 heterocycles. The molecule has 0 unspecified atom stereocenters. The molecule has 0 fully saturated rings. The molecule has 146 valence electrons. The van der Waals surface area contributed by atoms with Gasteiger partial charge in [0.05, 0.1) is 16.5 Å². The van der Waals surface area contributed by atoms with Crippen molar-refractivity contribution in [3.05, 3.63) is 52.7 Å². The second kappa shape index (κ2) is 7.23. The highest BCUT2D eigenvalue weighted by atomic mass is 32.2. The number of hydrogen-bond donors (Lipinski definition) is 1. The number of rotatable bonds is 4. The predicted octanol–water partition coefficient (Wildman–Crippen LogP) is 3.04. The van der Waals surface area contributed by atoms with Crippen molar-refractivity contribution in [2.45, 2.75) is 32.1 Å². The quantitative estimate of drug-likeness (QED) is 0.706. The van der Waals surface area contributed by atoms with Crippen LogP contribution in [-0.2, 0) is 23.0 Å². The molecule has 28 heavy (non-hydrogen) atoms. The van der Waals surface area contributed by atoms with Crippen LogP contribution < -0.4 is 5.32 Å². The summed E-state index contributed by atoms with van der Waals surface area (Å²) >= 11 is 1.32. The highest BCUT2D eigenvalue weighted by molar-refractivity contribution is 7.89. The maximum Gasteiger partial charge on any atom is 0.276 e. The van der Waals surface area contributed by atoms with Gasteiger partial charge in [-0.2, -0.15) is 4.31 Å². The molecule has 7 nitrogen and oxygen atoms in total. The van der Waals surface area contributed by atoms with Crippen molar-refractivity contribution in [3.8, 4) is 0 Å². The lowest BCUT2D eigenvalue weighted by Gasteiger charge is -2.26. The molecular formula is C19H20N4O3S2. The minimum Gasteiger partial charge on any atom is -0.296 e. The van der Waals surface area contributed by atoms with Crippen molar-refractivity contribution < 1.29 is 13.2 Å². The van der Waals surface area contributed by atoms with Crippen molar-refractivity contribution in [3.63, 3.8) is 0 Å². The van der Waals surface area contributed by atoms with Gasteiger partial charge in [0, 0.05) is 29.8 Å². The maximum atomic E-state index is 12.6. The molecule has 0 radical (unpaired) electrons. The van der Waals surface area contributed by atoms with Crippen LogP contribution in [0.25, 0.3) is 10.9 Å². The van der Waals surface area contributed by atoms with Crippen molar-refractivity contribution in [1.29, 1.82) is 0 Å². The number of carbonyl (C=O) groups is 1. The van der Waals surface area contributed by atoms with Crippen LogP contribution in [-0.4, -0.2) is 40.4 Å². The van der Waals surface area contributed by atoms with Gasteiger partial charge in [-0.1, -0.05) is 24.3 Å². The molecule has 1 aliphatic rings.